The molecule has 0 aromatic heterocycles. The van der Waals surface area contributed by atoms with Gasteiger partial charge in [-0.2, -0.15) is 0 Å². The molecule has 30 heavy (non-hydrogen) atoms. The fraction of sp³-hybridized carbons (Fsp3) is 0.0435. The fourth-order valence-corrected chi connectivity index (χ4v) is 3.77. The molecule has 7 heteroatoms. The molecule has 0 radical (unpaired) electrons. The summed E-state index contributed by atoms with van der Waals surface area (Å²) in [5.41, 5.74) is 2.49. The molecule has 0 saturated carbocycles. The summed E-state index contributed by atoms with van der Waals surface area (Å²) >= 11 is 15.6. The van der Waals surface area contributed by atoms with Gasteiger partial charge in [0.25, 0.3) is 0 Å². The molecule has 0 N–H and O–H groups in total. The normalized spacial score (nSPS) is 14.6. The quantitative estimate of drug-likeness (QED) is 0.289. The van der Waals surface area contributed by atoms with Crippen molar-refractivity contribution in [2.24, 2.45) is 4.99 Å². The van der Waals surface area contributed by atoms with E-state index in [2.05, 4.69) is 20.9 Å². The lowest BCUT2D eigenvalue weighted by atomic mass is 10.2. The minimum atomic E-state index is -0.545. The van der Waals surface area contributed by atoms with E-state index in [4.69, 9.17) is 32.7 Å². The molecule has 4 rings (SSSR count). The molecule has 150 valence electrons. The molecule has 4 nitrogen and oxygen atoms in total. The zero-order valence-electron chi connectivity index (χ0n) is 15.4. The highest BCUT2D eigenvalue weighted by Crippen LogP contribution is 2.27. The van der Waals surface area contributed by atoms with Crippen LogP contribution in [0.3, 0.4) is 0 Å². The Hall–Kier alpha value is -2.60. The first kappa shape index (κ1) is 20.7. The lowest BCUT2D eigenvalue weighted by Crippen LogP contribution is -2.05. The molecule has 0 atom stereocenters. The van der Waals surface area contributed by atoms with Crippen LogP contribution >= 0.6 is 39.1 Å². The second kappa shape index (κ2) is 9.04. The van der Waals surface area contributed by atoms with Crippen LogP contribution in [-0.2, 0) is 16.1 Å². The van der Waals surface area contributed by atoms with Gasteiger partial charge >= 0.3 is 5.97 Å². The summed E-state index contributed by atoms with van der Waals surface area (Å²) in [5, 5.41) is 0.849. The molecule has 3 aromatic carbocycles. The predicted octanol–water partition coefficient (Wildman–Crippen LogP) is 6.68. The number of nitrogens with zero attached hydrogens (tertiary/aromatic N) is 1. The average molecular weight is 503 g/mol. The minimum Gasteiger partial charge on any atom is -0.489 e. The van der Waals surface area contributed by atoms with Crippen molar-refractivity contribution in [1.82, 2.24) is 0 Å². The van der Waals surface area contributed by atoms with Gasteiger partial charge in [-0.3, -0.25) is 0 Å². The molecule has 3 aromatic rings. The van der Waals surface area contributed by atoms with E-state index >= 15 is 0 Å². The summed E-state index contributed by atoms with van der Waals surface area (Å²) in [7, 11) is 0. The Labute approximate surface area is 191 Å². The van der Waals surface area contributed by atoms with Gasteiger partial charge in [0, 0.05) is 9.50 Å². The molecule has 0 unspecified atom stereocenters. The van der Waals surface area contributed by atoms with Gasteiger partial charge in [0.1, 0.15) is 12.4 Å². The molecule has 0 saturated heterocycles. The first-order valence-corrected chi connectivity index (χ1v) is 10.5. The van der Waals surface area contributed by atoms with Gasteiger partial charge in [-0.25, -0.2) is 9.79 Å². The summed E-state index contributed by atoms with van der Waals surface area (Å²) in [6.07, 6.45) is 1.64. The zero-order valence-corrected chi connectivity index (χ0v) is 18.5. The topological polar surface area (TPSA) is 47.9 Å². The smallest absolute Gasteiger partial charge is 0.363 e. The summed E-state index contributed by atoms with van der Waals surface area (Å²) in [4.78, 5) is 16.5. The molecule has 1 heterocycles. The zero-order chi connectivity index (χ0) is 21.1. The van der Waals surface area contributed by atoms with E-state index in [0.29, 0.717) is 28.0 Å². The minimum absolute atomic E-state index is 0.148. The largest absolute Gasteiger partial charge is 0.489 e. The summed E-state index contributed by atoms with van der Waals surface area (Å²) in [6, 6.07) is 20.2. The van der Waals surface area contributed by atoms with E-state index in [1.54, 1.807) is 24.3 Å². The fourth-order valence-electron chi connectivity index (χ4n) is 2.83. The first-order valence-electron chi connectivity index (χ1n) is 8.93. The Morgan fingerprint density at radius 3 is 2.67 bits per heavy atom. The van der Waals surface area contributed by atoms with E-state index in [0.717, 1.165) is 15.6 Å². The van der Waals surface area contributed by atoms with Gasteiger partial charge in [0.15, 0.2) is 5.70 Å². The van der Waals surface area contributed by atoms with E-state index < -0.39 is 5.97 Å². The van der Waals surface area contributed by atoms with Crippen molar-refractivity contribution in [1.29, 1.82) is 0 Å². The summed E-state index contributed by atoms with van der Waals surface area (Å²) in [6.45, 7) is 0.429. The van der Waals surface area contributed by atoms with Crippen molar-refractivity contribution in [2.75, 3.05) is 0 Å². The van der Waals surface area contributed by atoms with Gasteiger partial charge in [-0.15, -0.1) is 0 Å². The van der Waals surface area contributed by atoms with E-state index in [-0.39, 0.29) is 11.6 Å². The molecule has 0 amide bonds. The number of ether oxygens (including phenoxy) is 2. The number of hydrogen-bond acceptors (Lipinski definition) is 4. The molecule has 0 fully saturated rings. The highest BCUT2D eigenvalue weighted by atomic mass is 79.9. The number of cyclic esters (lactones) is 1. The molecular weight excluding hydrogens is 489 g/mol. The van der Waals surface area contributed by atoms with Crippen molar-refractivity contribution in [2.45, 2.75) is 6.61 Å². The molecule has 0 spiro atoms. The van der Waals surface area contributed by atoms with E-state index in [1.807, 2.05) is 48.5 Å². The number of hydrogen-bond donors (Lipinski definition) is 0. The third-order valence-corrected chi connectivity index (χ3v) is 5.28. The SMILES string of the molecule is O=C1OC(c2ccc(Cl)cc2Cl)=N/C1=C\c1cccc(OCc2cccc(Br)c2)c1. The van der Waals surface area contributed by atoms with Gasteiger partial charge in [0.05, 0.1) is 10.6 Å². The second-order valence-corrected chi connectivity index (χ2v) is 8.21. The molecule has 0 aliphatic carbocycles. The third kappa shape index (κ3) is 4.93. The molecular formula is C23H14BrCl2NO3. The maximum absolute atomic E-state index is 12.3. The van der Waals surface area contributed by atoms with Gasteiger partial charge in [-0.1, -0.05) is 63.4 Å². The van der Waals surface area contributed by atoms with Crippen LogP contribution in [0.1, 0.15) is 16.7 Å². The number of carbonyl (C=O) groups excluding carboxylic acids is 1. The van der Waals surface area contributed by atoms with Crippen LogP contribution in [0.25, 0.3) is 6.08 Å². The van der Waals surface area contributed by atoms with Crippen molar-refractivity contribution < 1.29 is 14.3 Å². The van der Waals surface area contributed by atoms with Crippen molar-refractivity contribution in [3.63, 3.8) is 0 Å². The van der Waals surface area contributed by atoms with Crippen molar-refractivity contribution in [3.05, 3.63) is 104 Å². The maximum Gasteiger partial charge on any atom is 0.363 e. The standard InChI is InChI=1S/C23H14BrCl2NO3/c24-16-5-1-4-15(9-16)13-29-18-6-2-3-14(10-18)11-21-23(28)30-22(27-21)19-8-7-17(25)12-20(19)26/h1-12H,13H2/b21-11-. The van der Waals surface area contributed by atoms with Crippen LogP contribution in [0, 0.1) is 0 Å². The van der Waals surface area contributed by atoms with Crippen molar-refractivity contribution >= 4 is 57.1 Å². The average Bonchev–Trinajstić information content (AvgIpc) is 3.07. The maximum atomic E-state index is 12.3. The van der Waals surface area contributed by atoms with Crippen molar-refractivity contribution in [3.8, 4) is 5.75 Å². The lowest BCUT2D eigenvalue weighted by Gasteiger charge is -2.07. The monoisotopic (exact) mass is 501 g/mol. The Kier molecular flexibility index (Phi) is 6.23. The Morgan fingerprint density at radius 1 is 1.03 bits per heavy atom. The Morgan fingerprint density at radius 2 is 1.87 bits per heavy atom. The number of carbonyl (C=O) groups is 1. The van der Waals surface area contributed by atoms with Gasteiger partial charge < -0.3 is 9.47 Å². The number of aliphatic imine (C=N–C) groups is 1. The van der Waals surface area contributed by atoms with Crippen LogP contribution < -0.4 is 4.74 Å². The van der Waals surface area contributed by atoms with Gasteiger partial charge in [0.2, 0.25) is 5.90 Å². The van der Waals surface area contributed by atoms with Crippen LogP contribution in [0.4, 0.5) is 0 Å². The molecule has 1 aliphatic heterocycles. The van der Waals surface area contributed by atoms with Crippen LogP contribution in [0.2, 0.25) is 10.0 Å². The third-order valence-electron chi connectivity index (χ3n) is 4.24. The molecule has 1 aliphatic rings. The highest BCUT2D eigenvalue weighted by Gasteiger charge is 2.25. The first-order chi connectivity index (χ1) is 14.5. The Bertz CT molecular complexity index is 1190. The molecule has 0 bridgehead atoms. The van der Waals surface area contributed by atoms with Gasteiger partial charge in [-0.05, 0) is 59.7 Å². The number of benzene rings is 3. The predicted molar refractivity (Wildman–Crippen MR) is 122 cm³/mol. The summed E-state index contributed by atoms with van der Waals surface area (Å²) in [5.74, 6) is 0.284. The van der Waals surface area contributed by atoms with E-state index in [9.17, 15) is 4.79 Å². The van der Waals surface area contributed by atoms with Crippen LogP contribution in [0.5, 0.6) is 5.75 Å². The Balaban J connectivity index is 1.53. The number of esters is 1. The second-order valence-electron chi connectivity index (χ2n) is 6.45. The lowest BCUT2D eigenvalue weighted by molar-refractivity contribution is -0.129. The van der Waals surface area contributed by atoms with Crippen LogP contribution in [-0.4, -0.2) is 11.9 Å². The summed E-state index contributed by atoms with van der Waals surface area (Å²) < 4.78 is 12.1. The number of rotatable bonds is 5. The highest BCUT2D eigenvalue weighted by molar-refractivity contribution is 9.10. The number of halogens is 3. The van der Waals surface area contributed by atoms with E-state index in [1.165, 1.54) is 0 Å². The van der Waals surface area contributed by atoms with Crippen LogP contribution in [0.15, 0.2) is 81.9 Å².